The summed E-state index contributed by atoms with van der Waals surface area (Å²) in [6.45, 7) is 6.20. The van der Waals surface area contributed by atoms with E-state index in [1.54, 1.807) is 0 Å². The van der Waals surface area contributed by atoms with Crippen molar-refractivity contribution in [1.82, 2.24) is 0 Å². The molecule has 0 amide bonds. The van der Waals surface area contributed by atoms with Gasteiger partial charge in [0.2, 0.25) is 0 Å². The Kier molecular flexibility index (Phi) is 3.15. The van der Waals surface area contributed by atoms with E-state index in [4.69, 9.17) is 5.73 Å². The maximum absolute atomic E-state index is 12.9. The Morgan fingerprint density at radius 2 is 1.67 bits per heavy atom. The maximum atomic E-state index is 12.9. The Morgan fingerprint density at radius 3 is 2.20 bits per heavy atom. The van der Waals surface area contributed by atoms with Gasteiger partial charge < -0.3 is 5.73 Å². The van der Waals surface area contributed by atoms with Gasteiger partial charge in [0.25, 0.3) is 0 Å². The first kappa shape index (κ1) is 11.7. The topological polar surface area (TPSA) is 26.0 Å². The van der Waals surface area contributed by atoms with Gasteiger partial charge in [0, 0.05) is 11.6 Å². The van der Waals surface area contributed by atoms with E-state index in [1.807, 2.05) is 0 Å². The van der Waals surface area contributed by atoms with Crippen LogP contribution in [0.15, 0.2) is 12.1 Å². The van der Waals surface area contributed by atoms with Gasteiger partial charge in [-0.3, -0.25) is 0 Å². The summed E-state index contributed by atoms with van der Waals surface area (Å²) in [5.41, 5.74) is 9.11. The predicted octanol–water partition coefficient (Wildman–Crippen LogP) is 2.78. The molecule has 0 radical (unpaired) electrons. The number of halogens is 2. The van der Waals surface area contributed by atoms with Gasteiger partial charge in [-0.15, -0.1) is 5.54 Å². The van der Waals surface area contributed by atoms with Crippen molar-refractivity contribution in [1.29, 1.82) is 0 Å². The highest BCUT2D eigenvalue weighted by Gasteiger charge is 2.09. The van der Waals surface area contributed by atoms with Crippen molar-refractivity contribution < 1.29 is 8.78 Å². The highest BCUT2D eigenvalue weighted by Crippen LogP contribution is 2.16. The Balaban J connectivity index is 3.15. The summed E-state index contributed by atoms with van der Waals surface area (Å²) in [4.78, 5) is 0. The van der Waals surface area contributed by atoms with Crippen molar-refractivity contribution in [3.8, 4) is 11.5 Å². The fourth-order valence-electron chi connectivity index (χ4n) is 0.925. The zero-order valence-corrected chi connectivity index (χ0v) is 9.99. The molecule has 15 heavy (non-hydrogen) atoms. The van der Waals surface area contributed by atoms with Crippen LogP contribution in [0.5, 0.6) is 0 Å². The Morgan fingerprint density at radius 1 is 1.13 bits per heavy atom. The van der Waals surface area contributed by atoms with Crippen LogP contribution in [-0.2, 0) is 0 Å². The third-order valence-electron chi connectivity index (χ3n) is 1.66. The van der Waals surface area contributed by atoms with Crippen LogP contribution in [-0.4, -0.2) is 8.07 Å². The van der Waals surface area contributed by atoms with Crippen LogP contribution in [0.25, 0.3) is 0 Å². The number of nitrogen functional groups attached to an aromatic ring is 1. The van der Waals surface area contributed by atoms with Gasteiger partial charge in [-0.1, -0.05) is 25.6 Å². The molecule has 1 aromatic rings. The second-order valence-electron chi connectivity index (χ2n) is 4.35. The molecule has 0 spiro atoms. The van der Waals surface area contributed by atoms with Crippen LogP contribution in [0.4, 0.5) is 14.5 Å². The lowest BCUT2D eigenvalue weighted by molar-refractivity contribution is 0.509. The van der Waals surface area contributed by atoms with E-state index in [-0.39, 0.29) is 5.69 Å². The summed E-state index contributed by atoms with van der Waals surface area (Å²) in [5, 5.41) is 0. The lowest BCUT2D eigenvalue weighted by Crippen LogP contribution is -2.16. The average molecular weight is 225 g/mol. The van der Waals surface area contributed by atoms with Crippen molar-refractivity contribution in [2.24, 2.45) is 0 Å². The third-order valence-corrected chi connectivity index (χ3v) is 2.54. The van der Waals surface area contributed by atoms with E-state index < -0.39 is 19.7 Å². The predicted molar refractivity (Wildman–Crippen MR) is 61.0 cm³/mol. The van der Waals surface area contributed by atoms with Crippen LogP contribution >= 0.6 is 0 Å². The van der Waals surface area contributed by atoms with Crippen molar-refractivity contribution in [2.75, 3.05) is 5.73 Å². The molecule has 1 aromatic carbocycles. The number of rotatable bonds is 0. The lowest BCUT2D eigenvalue weighted by atomic mass is 10.2. The molecule has 0 saturated carbocycles. The summed E-state index contributed by atoms with van der Waals surface area (Å²) in [6.07, 6.45) is 0. The molecule has 0 bridgehead atoms. The van der Waals surface area contributed by atoms with Gasteiger partial charge in [-0.2, -0.15) is 0 Å². The largest absolute Gasteiger partial charge is 0.398 e. The first-order valence-corrected chi connectivity index (χ1v) is 8.07. The van der Waals surface area contributed by atoms with Crippen molar-refractivity contribution in [2.45, 2.75) is 19.6 Å². The summed E-state index contributed by atoms with van der Waals surface area (Å²) in [6, 6.07) is 2.00. The molecule has 80 valence electrons. The third kappa shape index (κ3) is 3.37. The van der Waals surface area contributed by atoms with E-state index in [0.29, 0.717) is 5.56 Å². The molecule has 4 heteroatoms. The normalized spacial score (nSPS) is 10.7. The molecule has 0 unspecified atom stereocenters. The highest BCUT2D eigenvalue weighted by molar-refractivity contribution is 6.83. The van der Waals surface area contributed by atoms with Crippen molar-refractivity contribution >= 4 is 13.8 Å². The van der Waals surface area contributed by atoms with Crippen LogP contribution in [0, 0.1) is 23.1 Å². The van der Waals surface area contributed by atoms with Crippen LogP contribution in [0.3, 0.4) is 0 Å². The Bertz CT molecular complexity index is 438. The molecule has 0 aliphatic carbocycles. The molecule has 2 N–H and O–H groups in total. The average Bonchev–Trinajstić information content (AvgIpc) is 2.07. The molecule has 0 fully saturated rings. The van der Waals surface area contributed by atoms with E-state index in [0.717, 1.165) is 12.1 Å². The zero-order valence-electron chi connectivity index (χ0n) is 8.99. The molecular weight excluding hydrogens is 212 g/mol. The second-order valence-corrected chi connectivity index (χ2v) is 9.10. The molecule has 0 aliphatic rings. The summed E-state index contributed by atoms with van der Waals surface area (Å²) in [7, 11) is -1.53. The first-order valence-electron chi connectivity index (χ1n) is 4.57. The molecule has 0 aliphatic heterocycles. The van der Waals surface area contributed by atoms with E-state index in [1.165, 1.54) is 0 Å². The van der Waals surface area contributed by atoms with Gasteiger partial charge >= 0.3 is 0 Å². The summed E-state index contributed by atoms with van der Waals surface area (Å²) >= 11 is 0. The first-order chi connectivity index (χ1) is 6.79. The SMILES string of the molecule is C[Si](C)(C)C#Cc1cc(F)c(F)cc1N. The zero-order chi connectivity index (χ0) is 11.6. The molecule has 0 saturated heterocycles. The Hall–Kier alpha value is -1.34. The van der Waals surface area contributed by atoms with Gasteiger partial charge in [-0.25, -0.2) is 8.78 Å². The molecule has 1 rings (SSSR count). The van der Waals surface area contributed by atoms with Gasteiger partial charge in [0.05, 0.1) is 5.69 Å². The molecule has 0 aromatic heterocycles. The smallest absolute Gasteiger partial charge is 0.160 e. The number of hydrogen-bond donors (Lipinski definition) is 1. The molecule has 0 atom stereocenters. The van der Waals surface area contributed by atoms with Gasteiger partial charge in [0.1, 0.15) is 8.07 Å². The fraction of sp³-hybridized carbons (Fsp3) is 0.273. The van der Waals surface area contributed by atoms with E-state index in [9.17, 15) is 8.78 Å². The standard InChI is InChI=1S/C11H13F2NSi/c1-15(2,3)5-4-8-6-9(12)10(13)7-11(8)14/h6-7H,14H2,1-3H3. The minimum absolute atomic E-state index is 0.180. The molecular formula is C11H13F2NSi. The molecule has 0 heterocycles. The van der Waals surface area contributed by atoms with Crippen LogP contribution in [0.2, 0.25) is 19.6 Å². The quantitative estimate of drug-likeness (QED) is 0.410. The second kappa shape index (κ2) is 4.03. The number of nitrogens with two attached hydrogens (primary N) is 1. The van der Waals surface area contributed by atoms with Crippen LogP contribution < -0.4 is 5.73 Å². The number of benzene rings is 1. The highest BCUT2D eigenvalue weighted by atomic mass is 28.3. The fourth-order valence-corrected chi connectivity index (χ4v) is 1.43. The Labute approximate surface area is 89.3 Å². The van der Waals surface area contributed by atoms with Gasteiger partial charge in [-0.05, 0) is 6.07 Å². The number of hydrogen-bond acceptors (Lipinski definition) is 1. The monoisotopic (exact) mass is 225 g/mol. The molecule has 1 nitrogen and oxygen atoms in total. The minimum Gasteiger partial charge on any atom is -0.398 e. The maximum Gasteiger partial charge on any atom is 0.160 e. The summed E-state index contributed by atoms with van der Waals surface area (Å²) < 4.78 is 25.6. The summed E-state index contributed by atoms with van der Waals surface area (Å²) in [5.74, 6) is 0.949. The minimum atomic E-state index is -1.53. The number of anilines is 1. The van der Waals surface area contributed by atoms with E-state index >= 15 is 0 Å². The van der Waals surface area contributed by atoms with Gasteiger partial charge in [0.15, 0.2) is 11.6 Å². The lowest BCUT2D eigenvalue weighted by Gasteiger charge is -2.04. The van der Waals surface area contributed by atoms with Crippen molar-refractivity contribution in [3.05, 3.63) is 29.3 Å². The van der Waals surface area contributed by atoms with Crippen molar-refractivity contribution in [3.63, 3.8) is 0 Å². The van der Waals surface area contributed by atoms with Crippen LogP contribution in [0.1, 0.15) is 5.56 Å². The van der Waals surface area contributed by atoms with E-state index in [2.05, 4.69) is 31.1 Å².